The highest BCUT2D eigenvalue weighted by atomic mass is 35.5. The van der Waals surface area contributed by atoms with E-state index in [0.717, 1.165) is 15.6 Å². The van der Waals surface area contributed by atoms with Crippen molar-refractivity contribution in [2.24, 2.45) is 0 Å². The second kappa shape index (κ2) is 8.33. The quantitative estimate of drug-likeness (QED) is 0.572. The van der Waals surface area contributed by atoms with E-state index in [-0.39, 0.29) is 5.91 Å². The number of nitrogens with zero attached hydrogens (tertiary/aromatic N) is 1. The Bertz CT molecular complexity index is 821. The molecule has 24 heavy (non-hydrogen) atoms. The molecule has 6 heteroatoms. The van der Waals surface area contributed by atoms with E-state index in [1.54, 1.807) is 35.2 Å². The third kappa shape index (κ3) is 4.60. The summed E-state index contributed by atoms with van der Waals surface area (Å²) in [5.74, 6) is 0.633. The SMILES string of the molecule is O=C(CCSc1nc(-c2ccccc2)cs1)Nc1ccccc1Cl. The van der Waals surface area contributed by atoms with Gasteiger partial charge in [0.15, 0.2) is 4.34 Å². The molecule has 122 valence electrons. The van der Waals surface area contributed by atoms with Gasteiger partial charge in [0.2, 0.25) is 5.91 Å². The number of halogens is 1. The molecule has 1 heterocycles. The molecule has 0 aliphatic heterocycles. The minimum atomic E-state index is -0.0459. The first-order valence-electron chi connectivity index (χ1n) is 7.40. The normalized spacial score (nSPS) is 10.5. The second-order valence-corrected chi connectivity index (χ2v) is 7.60. The Hall–Kier alpha value is -1.82. The summed E-state index contributed by atoms with van der Waals surface area (Å²) < 4.78 is 0.972. The number of rotatable bonds is 6. The highest BCUT2D eigenvalue weighted by Gasteiger charge is 2.08. The van der Waals surface area contributed by atoms with Gasteiger partial charge in [-0.3, -0.25) is 4.79 Å². The molecule has 1 amide bonds. The number of benzene rings is 2. The Morgan fingerprint density at radius 2 is 1.88 bits per heavy atom. The number of para-hydroxylation sites is 1. The molecule has 0 aliphatic carbocycles. The van der Waals surface area contributed by atoms with Crippen LogP contribution in [0.5, 0.6) is 0 Å². The molecule has 3 rings (SSSR count). The number of nitrogens with one attached hydrogen (secondary N) is 1. The van der Waals surface area contributed by atoms with E-state index >= 15 is 0 Å². The van der Waals surface area contributed by atoms with Gasteiger partial charge in [-0.2, -0.15) is 0 Å². The Labute approximate surface area is 154 Å². The maximum Gasteiger partial charge on any atom is 0.225 e. The highest BCUT2D eigenvalue weighted by Crippen LogP contribution is 2.28. The fourth-order valence-corrected chi connectivity index (χ4v) is 4.10. The van der Waals surface area contributed by atoms with Gasteiger partial charge in [-0.05, 0) is 12.1 Å². The van der Waals surface area contributed by atoms with Crippen molar-refractivity contribution >= 4 is 46.3 Å². The van der Waals surface area contributed by atoms with Crippen molar-refractivity contribution in [3.63, 3.8) is 0 Å². The monoisotopic (exact) mass is 374 g/mol. The summed E-state index contributed by atoms with van der Waals surface area (Å²) in [6.45, 7) is 0. The number of thiazole rings is 1. The lowest BCUT2D eigenvalue weighted by Crippen LogP contribution is -2.12. The van der Waals surface area contributed by atoms with Crippen molar-refractivity contribution in [1.29, 1.82) is 0 Å². The van der Waals surface area contributed by atoms with Crippen molar-refractivity contribution in [1.82, 2.24) is 4.98 Å². The molecular formula is C18H15ClN2OS2. The molecule has 0 bridgehead atoms. The van der Waals surface area contributed by atoms with Crippen LogP contribution in [0.2, 0.25) is 5.02 Å². The van der Waals surface area contributed by atoms with Crippen molar-refractivity contribution < 1.29 is 4.79 Å². The summed E-state index contributed by atoms with van der Waals surface area (Å²) in [6, 6.07) is 17.3. The molecule has 0 atom stereocenters. The number of hydrogen-bond donors (Lipinski definition) is 1. The summed E-state index contributed by atoms with van der Waals surface area (Å²) >= 11 is 9.23. The highest BCUT2D eigenvalue weighted by molar-refractivity contribution is 8.01. The van der Waals surface area contributed by atoms with Crippen molar-refractivity contribution in [3.05, 3.63) is 65.0 Å². The number of aromatic nitrogens is 1. The summed E-state index contributed by atoms with van der Waals surface area (Å²) in [6.07, 6.45) is 0.413. The average molecular weight is 375 g/mol. The zero-order valence-electron chi connectivity index (χ0n) is 12.7. The molecule has 0 unspecified atom stereocenters. The minimum absolute atomic E-state index is 0.0459. The predicted octanol–water partition coefficient (Wildman–Crippen LogP) is 5.58. The molecule has 3 nitrogen and oxygen atoms in total. The zero-order chi connectivity index (χ0) is 16.8. The Kier molecular flexibility index (Phi) is 5.91. The Morgan fingerprint density at radius 1 is 1.12 bits per heavy atom. The van der Waals surface area contributed by atoms with Crippen LogP contribution in [0.1, 0.15) is 6.42 Å². The molecule has 1 N–H and O–H groups in total. The number of carbonyl (C=O) groups excluding carboxylic acids is 1. The van der Waals surface area contributed by atoms with Gasteiger partial charge >= 0.3 is 0 Å². The lowest BCUT2D eigenvalue weighted by molar-refractivity contribution is -0.115. The van der Waals surface area contributed by atoms with Crippen molar-refractivity contribution in [2.45, 2.75) is 10.8 Å². The van der Waals surface area contributed by atoms with Crippen LogP contribution in [0.15, 0.2) is 64.3 Å². The van der Waals surface area contributed by atoms with Crippen LogP contribution in [0.25, 0.3) is 11.3 Å². The zero-order valence-corrected chi connectivity index (χ0v) is 15.1. The van der Waals surface area contributed by atoms with Gasteiger partial charge in [0.05, 0.1) is 16.4 Å². The maximum absolute atomic E-state index is 12.0. The summed E-state index contributed by atoms with van der Waals surface area (Å²) in [4.78, 5) is 16.6. The lowest BCUT2D eigenvalue weighted by atomic mass is 10.2. The van der Waals surface area contributed by atoms with Crippen LogP contribution in [-0.4, -0.2) is 16.6 Å². The number of carbonyl (C=O) groups is 1. The number of thioether (sulfide) groups is 1. The largest absolute Gasteiger partial charge is 0.325 e. The van der Waals surface area contributed by atoms with Gasteiger partial charge in [0.1, 0.15) is 0 Å². The van der Waals surface area contributed by atoms with Gasteiger partial charge in [0, 0.05) is 23.1 Å². The predicted molar refractivity (Wildman–Crippen MR) is 103 cm³/mol. The molecule has 2 aromatic carbocycles. The topological polar surface area (TPSA) is 42.0 Å². The molecule has 0 fully saturated rings. The number of hydrogen-bond acceptors (Lipinski definition) is 4. The van der Waals surface area contributed by atoms with Gasteiger partial charge in [-0.25, -0.2) is 4.98 Å². The van der Waals surface area contributed by atoms with Gasteiger partial charge in [-0.1, -0.05) is 65.8 Å². The summed E-state index contributed by atoms with van der Waals surface area (Å²) in [7, 11) is 0. The molecule has 0 spiro atoms. The molecule has 1 aromatic heterocycles. The van der Waals surface area contributed by atoms with Gasteiger partial charge in [-0.15, -0.1) is 11.3 Å². The smallest absolute Gasteiger partial charge is 0.225 e. The third-order valence-electron chi connectivity index (χ3n) is 3.26. The van der Waals surface area contributed by atoms with E-state index in [1.165, 1.54) is 0 Å². The Balaban J connectivity index is 1.49. The maximum atomic E-state index is 12.0. The van der Waals surface area contributed by atoms with E-state index in [4.69, 9.17) is 11.6 Å². The molecule has 3 aromatic rings. The summed E-state index contributed by atoms with van der Waals surface area (Å²) in [5, 5.41) is 5.42. The molecule has 0 saturated heterocycles. The van der Waals surface area contributed by atoms with Crippen LogP contribution >= 0.6 is 34.7 Å². The summed E-state index contributed by atoms with van der Waals surface area (Å²) in [5.41, 5.74) is 2.73. The van der Waals surface area contributed by atoms with Crippen LogP contribution in [0.4, 0.5) is 5.69 Å². The first-order chi connectivity index (χ1) is 11.7. The van der Waals surface area contributed by atoms with Crippen molar-refractivity contribution in [2.75, 3.05) is 11.1 Å². The van der Waals surface area contributed by atoms with Gasteiger partial charge in [0.25, 0.3) is 0 Å². The van der Waals surface area contributed by atoms with E-state index in [9.17, 15) is 4.79 Å². The first-order valence-corrected chi connectivity index (χ1v) is 9.65. The lowest BCUT2D eigenvalue weighted by Gasteiger charge is -2.06. The molecular weight excluding hydrogens is 360 g/mol. The fourth-order valence-electron chi connectivity index (χ4n) is 2.07. The van der Waals surface area contributed by atoms with E-state index in [1.807, 2.05) is 47.8 Å². The van der Waals surface area contributed by atoms with Gasteiger partial charge < -0.3 is 5.32 Å². The fraction of sp³-hybridized carbons (Fsp3) is 0.111. The van der Waals surface area contributed by atoms with E-state index in [0.29, 0.717) is 22.9 Å². The van der Waals surface area contributed by atoms with Crippen molar-refractivity contribution in [3.8, 4) is 11.3 Å². The Morgan fingerprint density at radius 3 is 2.67 bits per heavy atom. The molecule has 0 aliphatic rings. The number of amides is 1. The van der Waals surface area contributed by atoms with E-state index < -0.39 is 0 Å². The number of anilines is 1. The second-order valence-electron chi connectivity index (χ2n) is 4.99. The first kappa shape index (κ1) is 17.0. The van der Waals surface area contributed by atoms with Crippen LogP contribution < -0.4 is 5.32 Å². The van der Waals surface area contributed by atoms with E-state index in [2.05, 4.69) is 10.3 Å². The average Bonchev–Trinajstić information content (AvgIpc) is 3.07. The van der Waals surface area contributed by atoms with Crippen LogP contribution in [-0.2, 0) is 4.79 Å². The third-order valence-corrected chi connectivity index (χ3v) is 5.61. The molecule has 0 radical (unpaired) electrons. The van der Waals surface area contributed by atoms with Crippen LogP contribution in [0, 0.1) is 0 Å². The molecule has 0 saturated carbocycles. The minimum Gasteiger partial charge on any atom is -0.325 e. The van der Waals surface area contributed by atoms with Crippen LogP contribution in [0.3, 0.4) is 0 Å². The standard InChI is InChI=1S/C18H15ClN2OS2/c19-14-8-4-5-9-15(14)20-17(22)10-11-23-18-21-16(12-24-18)13-6-2-1-3-7-13/h1-9,12H,10-11H2,(H,20,22).